The zero-order chi connectivity index (χ0) is 20.3. The number of carbonyl (C=O) groups excluding carboxylic acids is 1. The van der Waals surface area contributed by atoms with E-state index in [-0.39, 0.29) is 11.8 Å². The zero-order valence-corrected chi connectivity index (χ0v) is 17.4. The number of piperidine rings is 1. The molecule has 2 aliphatic rings. The second-order valence-corrected chi connectivity index (χ2v) is 8.64. The van der Waals surface area contributed by atoms with E-state index in [2.05, 4.69) is 39.0 Å². The summed E-state index contributed by atoms with van der Waals surface area (Å²) in [7, 11) is 0. The second kappa shape index (κ2) is 8.54. The Morgan fingerprint density at radius 1 is 1.07 bits per heavy atom. The molecule has 0 unspecified atom stereocenters. The summed E-state index contributed by atoms with van der Waals surface area (Å²) >= 11 is 0. The van der Waals surface area contributed by atoms with Crippen molar-refractivity contribution in [2.75, 3.05) is 18.0 Å². The van der Waals surface area contributed by atoms with E-state index in [1.54, 1.807) is 6.26 Å². The van der Waals surface area contributed by atoms with Crippen molar-refractivity contribution in [2.24, 2.45) is 5.92 Å². The van der Waals surface area contributed by atoms with E-state index < -0.39 is 0 Å². The van der Waals surface area contributed by atoms with Crippen LogP contribution in [0, 0.1) is 5.92 Å². The van der Waals surface area contributed by atoms with Crippen LogP contribution in [0.5, 0.6) is 0 Å². The van der Waals surface area contributed by atoms with Gasteiger partial charge >= 0.3 is 0 Å². The molecular formula is C24H30N4O2. The highest BCUT2D eigenvalue weighted by Gasteiger charge is 2.30. The number of furan rings is 1. The summed E-state index contributed by atoms with van der Waals surface area (Å²) in [5, 5.41) is 3.04. The second-order valence-electron chi connectivity index (χ2n) is 8.64. The number of nitrogens with zero attached hydrogens (tertiary/aromatic N) is 3. The molecule has 2 fully saturated rings. The Hall–Kier alpha value is -2.76. The number of fused-ring (bicyclic) bond motifs is 1. The van der Waals surface area contributed by atoms with Crippen molar-refractivity contribution in [1.82, 2.24) is 14.9 Å². The monoisotopic (exact) mass is 406 g/mol. The fraction of sp³-hybridized carbons (Fsp3) is 0.500. The number of amides is 1. The third-order valence-corrected chi connectivity index (χ3v) is 6.61. The normalized spacial score (nSPS) is 20.5. The summed E-state index contributed by atoms with van der Waals surface area (Å²) in [6.45, 7) is 2.13. The molecule has 6 heteroatoms. The highest BCUT2D eigenvalue weighted by Crippen LogP contribution is 2.36. The van der Waals surface area contributed by atoms with Crippen LogP contribution in [0.15, 0.2) is 47.1 Å². The van der Waals surface area contributed by atoms with Crippen molar-refractivity contribution in [2.45, 2.75) is 57.5 Å². The Morgan fingerprint density at radius 2 is 1.93 bits per heavy atom. The number of para-hydroxylation sites is 2. The quantitative estimate of drug-likeness (QED) is 0.669. The van der Waals surface area contributed by atoms with Crippen LogP contribution in [-0.4, -0.2) is 28.5 Å². The van der Waals surface area contributed by atoms with Crippen LogP contribution in [0.1, 0.15) is 56.7 Å². The van der Waals surface area contributed by atoms with Crippen LogP contribution in [0.25, 0.3) is 11.0 Å². The summed E-state index contributed by atoms with van der Waals surface area (Å²) in [5.41, 5.74) is 2.28. The molecule has 30 heavy (non-hydrogen) atoms. The third kappa shape index (κ3) is 3.83. The number of anilines is 1. The van der Waals surface area contributed by atoms with E-state index in [9.17, 15) is 4.79 Å². The molecule has 158 valence electrons. The molecule has 0 bridgehead atoms. The lowest BCUT2D eigenvalue weighted by atomic mass is 9.95. The van der Waals surface area contributed by atoms with Gasteiger partial charge in [-0.05, 0) is 49.9 Å². The molecule has 1 aliphatic heterocycles. The van der Waals surface area contributed by atoms with Crippen molar-refractivity contribution in [3.8, 4) is 0 Å². The molecule has 1 amide bonds. The highest BCUT2D eigenvalue weighted by molar-refractivity contribution is 5.81. The Balaban J connectivity index is 1.37. The molecule has 2 aromatic heterocycles. The Kier molecular flexibility index (Phi) is 5.47. The minimum Gasteiger partial charge on any atom is -0.467 e. The standard InChI is InChI=1S/C24H30N4O2/c29-23(25-16-20-11-7-15-30-20)18-8-6-14-27(17-18)24-26-21-12-4-5-13-22(21)28(24)19-9-2-1-3-10-19/h4-5,7,11-13,15,18-19H,1-3,6,8-10,14,16-17H2,(H,25,29)/t18-/m0/s1. The van der Waals surface area contributed by atoms with Gasteiger partial charge in [-0.3, -0.25) is 4.79 Å². The minimum absolute atomic E-state index is 0.0201. The number of nitrogens with one attached hydrogen (secondary N) is 1. The van der Waals surface area contributed by atoms with Crippen molar-refractivity contribution in [3.63, 3.8) is 0 Å². The maximum atomic E-state index is 12.8. The van der Waals surface area contributed by atoms with Crippen molar-refractivity contribution >= 4 is 22.9 Å². The van der Waals surface area contributed by atoms with Gasteiger partial charge in [0.1, 0.15) is 5.76 Å². The van der Waals surface area contributed by atoms with Crippen LogP contribution in [-0.2, 0) is 11.3 Å². The lowest BCUT2D eigenvalue weighted by Crippen LogP contribution is -2.44. The van der Waals surface area contributed by atoms with Gasteiger partial charge in [0.05, 0.1) is 29.8 Å². The van der Waals surface area contributed by atoms with Crippen molar-refractivity contribution in [3.05, 3.63) is 48.4 Å². The Morgan fingerprint density at radius 3 is 2.77 bits per heavy atom. The van der Waals surface area contributed by atoms with Crippen LogP contribution in [0.2, 0.25) is 0 Å². The van der Waals surface area contributed by atoms with Crippen molar-refractivity contribution in [1.29, 1.82) is 0 Å². The molecule has 1 aliphatic carbocycles. The largest absolute Gasteiger partial charge is 0.467 e. The molecule has 6 nitrogen and oxygen atoms in total. The van der Waals surface area contributed by atoms with Crippen LogP contribution < -0.4 is 10.2 Å². The Labute approximate surface area is 177 Å². The summed E-state index contributed by atoms with van der Waals surface area (Å²) < 4.78 is 7.81. The van der Waals surface area contributed by atoms with Gasteiger partial charge in [0, 0.05) is 19.1 Å². The predicted octanol–water partition coefficient (Wildman–Crippen LogP) is 4.67. The van der Waals surface area contributed by atoms with Gasteiger partial charge in [0.25, 0.3) is 0 Å². The molecule has 0 spiro atoms. The first-order valence-electron chi connectivity index (χ1n) is 11.3. The van der Waals surface area contributed by atoms with Gasteiger partial charge in [-0.25, -0.2) is 4.98 Å². The maximum Gasteiger partial charge on any atom is 0.225 e. The van der Waals surface area contributed by atoms with Crippen LogP contribution in [0.3, 0.4) is 0 Å². The third-order valence-electron chi connectivity index (χ3n) is 6.61. The summed E-state index contributed by atoms with van der Waals surface area (Å²) in [4.78, 5) is 20.2. The highest BCUT2D eigenvalue weighted by atomic mass is 16.3. The topological polar surface area (TPSA) is 63.3 Å². The first-order valence-corrected chi connectivity index (χ1v) is 11.3. The van der Waals surface area contributed by atoms with Crippen LogP contribution in [0.4, 0.5) is 5.95 Å². The lowest BCUT2D eigenvalue weighted by molar-refractivity contribution is -0.125. The molecule has 3 aromatic rings. The van der Waals surface area contributed by atoms with Gasteiger partial charge in [-0.15, -0.1) is 0 Å². The first kappa shape index (κ1) is 19.2. The van der Waals surface area contributed by atoms with E-state index in [0.29, 0.717) is 12.6 Å². The lowest BCUT2D eigenvalue weighted by Gasteiger charge is -2.35. The summed E-state index contributed by atoms with van der Waals surface area (Å²) in [6.07, 6.45) is 9.90. The fourth-order valence-corrected chi connectivity index (χ4v) is 5.06. The molecule has 1 N–H and O–H groups in total. The van der Waals surface area contributed by atoms with Crippen LogP contribution >= 0.6 is 0 Å². The van der Waals surface area contributed by atoms with Gasteiger partial charge in [-0.1, -0.05) is 31.4 Å². The van der Waals surface area contributed by atoms with Gasteiger partial charge in [-0.2, -0.15) is 0 Å². The molecule has 1 aromatic carbocycles. The molecule has 5 rings (SSSR count). The number of carbonyl (C=O) groups is 1. The first-order chi connectivity index (χ1) is 14.8. The number of benzene rings is 1. The predicted molar refractivity (Wildman–Crippen MR) is 117 cm³/mol. The van der Waals surface area contributed by atoms with E-state index >= 15 is 0 Å². The number of imidazole rings is 1. The number of aromatic nitrogens is 2. The van der Waals surface area contributed by atoms with E-state index in [1.165, 1.54) is 37.6 Å². The zero-order valence-electron chi connectivity index (χ0n) is 17.4. The molecule has 0 radical (unpaired) electrons. The van der Waals surface area contributed by atoms with Gasteiger partial charge in [0.2, 0.25) is 11.9 Å². The molecule has 1 atom stereocenters. The minimum atomic E-state index is -0.0201. The van der Waals surface area contributed by atoms with E-state index in [4.69, 9.17) is 9.40 Å². The van der Waals surface area contributed by atoms with Gasteiger partial charge in [0.15, 0.2) is 0 Å². The van der Waals surface area contributed by atoms with Crippen molar-refractivity contribution < 1.29 is 9.21 Å². The molecule has 3 heterocycles. The molecular weight excluding hydrogens is 376 g/mol. The Bertz CT molecular complexity index is 988. The fourth-order valence-electron chi connectivity index (χ4n) is 5.06. The SMILES string of the molecule is O=C(NCc1ccco1)[C@H]1CCCN(c2nc3ccccc3n2C2CCCCC2)C1. The number of hydrogen-bond donors (Lipinski definition) is 1. The number of rotatable bonds is 5. The van der Waals surface area contributed by atoms with E-state index in [1.807, 2.05) is 12.1 Å². The summed E-state index contributed by atoms with van der Waals surface area (Å²) in [5.74, 6) is 1.92. The number of hydrogen-bond acceptors (Lipinski definition) is 4. The van der Waals surface area contributed by atoms with E-state index in [0.717, 1.165) is 43.2 Å². The average molecular weight is 407 g/mol. The van der Waals surface area contributed by atoms with Gasteiger partial charge < -0.3 is 19.2 Å². The smallest absolute Gasteiger partial charge is 0.225 e. The molecule has 1 saturated carbocycles. The maximum absolute atomic E-state index is 12.8. The average Bonchev–Trinajstić information content (AvgIpc) is 3.46. The summed E-state index contributed by atoms with van der Waals surface area (Å²) in [6, 6.07) is 12.7. The molecule has 1 saturated heterocycles.